The average Bonchev–Trinajstić information content (AvgIpc) is 2.38. The Kier molecular flexibility index (Phi) is 4.00. The number of anilines is 1. The van der Waals surface area contributed by atoms with Crippen LogP contribution in [0.4, 0.5) is 5.69 Å². The van der Waals surface area contributed by atoms with Crippen LogP contribution in [0.15, 0.2) is 18.2 Å². The molecule has 0 aliphatic carbocycles. The highest BCUT2D eigenvalue weighted by molar-refractivity contribution is 5.58. The summed E-state index contributed by atoms with van der Waals surface area (Å²) in [5.74, 6) is 0.566. The van der Waals surface area contributed by atoms with Gasteiger partial charge in [0.25, 0.3) is 0 Å². The van der Waals surface area contributed by atoms with Crippen molar-refractivity contribution in [1.29, 1.82) is 5.26 Å². The van der Waals surface area contributed by atoms with E-state index in [0.29, 0.717) is 5.92 Å². The Morgan fingerprint density at radius 2 is 2.41 bits per heavy atom. The molecule has 1 saturated heterocycles. The monoisotopic (exact) mass is 230 g/mol. The maximum absolute atomic E-state index is 9.07. The number of nitrogens with one attached hydrogen (secondary N) is 1. The number of nitriles is 1. The van der Waals surface area contributed by atoms with Crippen molar-refractivity contribution >= 4 is 5.69 Å². The topological polar surface area (TPSA) is 45.0 Å². The Labute approximate surface area is 102 Å². The third kappa shape index (κ3) is 3.21. The summed E-state index contributed by atoms with van der Waals surface area (Å²) < 4.78 is 5.44. The van der Waals surface area contributed by atoms with Gasteiger partial charge >= 0.3 is 0 Å². The summed E-state index contributed by atoms with van der Waals surface area (Å²) in [6.45, 7) is 4.61. The van der Waals surface area contributed by atoms with Crippen LogP contribution in [0.3, 0.4) is 0 Å². The first-order valence-corrected chi connectivity index (χ1v) is 6.12. The highest BCUT2D eigenvalue weighted by Gasteiger charge is 2.14. The van der Waals surface area contributed by atoms with Gasteiger partial charge in [-0.1, -0.05) is 6.07 Å². The largest absolute Gasteiger partial charge is 0.384 e. The number of hydrogen-bond acceptors (Lipinski definition) is 3. The Bertz CT molecular complexity index is 417. The van der Waals surface area contributed by atoms with Crippen LogP contribution in [-0.4, -0.2) is 19.8 Å². The predicted molar refractivity (Wildman–Crippen MR) is 67.9 cm³/mol. The lowest BCUT2D eigenvalue weighted by Crippen LogP contribution is -2.24. The Hall–Kier alpha value is -1.53. The van der Waals surface area contributed by atoms with Gasteiger partial charge in [-0.2, -0.15) is 5.26 Å². The fraction of sp³-hybridized carbons (Fsp3) is 0.500. The number of rotatable bonds is 3. The molecule has 2 rings (SSSR count). The molecule has 1 unspecified atom stereocenters. The Morgan fingerprint density at radius 1 is 1.53 bits per heavy atom. The maximum Gasteiger partial charge on any atom is 0.101 e. The van der Waals surface area contributed by atoms with Crippen LogP contribution in [0.5, 0.6) is 0 Å². The third-order valence-corrected chi connectivity index (χ3v) is 3.13. The molecule has 3 heteroatoms. The fourth-order valence-corrected chi connectivity index (χ4v) is 2.13. The summed E-state index contributed by atoms with van der Waals surface area (Å²) in [6.07, 6.45) is 2.35. The van der Waals surface area contributed by atoms with E-state index in [4.69, 9.17) is 10.00 Å². The second kappa shape index (κ2) is 5.70. The molecular weight excluding hydrogens is 212 g/mol. The van der Waals surface area contributed by atoms with Gasteiger partial charge in [-0.3, -0.25) is 0 Å². The van der Waals surface area contributed by atoms with Gasteiger partial charge in [0, 0.05) is 13.2 Å². The molecule has 0 amide bonds. The average molecular weight is 230 g/mol. The van der Waals surface area contributed by atoms with Crippen LogP contribution in [0.25, 0.3) is 0 Å². The van der Waals surface area contributed by atoms with Gasteiger partial charge in [0.05, 0.1) is 17.9 Å². The van der Waals surface area contributed by atoms with E-state index < -0.39 is 0 Å². The first-order valence-electron chi connectivity index (χ1n) is 6.12. The molecular formula is C14H18N2O. The minimum atomic E-state index is 0.566. The first-order chi connectivity index (χ1) is 8.29. The van der Waals surface area contributed by atoms with Crippen molar-refractivity contribution in [2.24, 2.45) is 5.92 Å². The summed E-state index contributed by atoms with van der Waals surface area (Å²) in [7, 11) is 0. The van der Waals surface area contributed by atoms with Crippen LogP contribution in [0.2, 0.25) is 0 Å². The molecule has 1 aromatic carbocycles. The molecule has 90 valence electrons. The van der Waals surface area contributed by atoms with E-state index in [2.05, 4.69) is 11.4 Å². The number of benzene rings is 1. The van der Waals surface area contributed by atoms with Crippen molar-refractivity contribution < 1.29 is 4.74 Å². The first kappa shape index (κ1) is 11.9. The number of hydrogen-bond donors (Lipinski definition) is 1. The summed E-state index contributed by atoms with van der Waals surface area (Å²) >= 11 is 0. The molecule has 0 saturated carbocycles. The van der Waals surface area contributed by atoms with Crippen LogP contribution in [0.1, 0.15) is 24.0 Å². The molecule has 1 aliphatic heterocycles. The number of ether oxygens (including phenoxy) is 1. The molecule has 0 aromatic heterocycles. The molecule has 0 radical (unpaired) electrons. The molecule has 0 bridgehead atoms. The second-order valence-electron chi connectivity index (χ2n) is 4.62. The molecule has 3 nitrogen and oxygen atoms in total. The summed E-state index contributed by atoms with van der Waals surface area (Å²) in [4.78, 5) is 0. The van der Waals surface area contributed by atoms with Crippen molar-refractivity contribution in [3.63, 3.8) is 0 Å². The molecule has 1 fully saturated rings. The van der Waals surface area contributed by atoms with E-state index in [0.717, 1.165) is 43.0 Å². The standard InChI is InChI=1S/C14H18N2O/c1-11-4-5-14(13(7-11)8-15)16-9-12-3-2-6-17-10-12/h4-5,7,12,16H,2-3,6,9-10H2,1H3. The number of nitrogens with zero attached hydrogens (tertiary/aromatic N) is 1. The minimum Gasteiger partial charge on any atom is -0.384 e. The zero-order valence-electron chi connectivity index (χ0n) is 10.2. The molecule has 1 atom stereocenters. The van der Waals surface area contributed by atoms with Gasteiger partial charge in [0.2, 0.25) is 0 Å². The van der Waals surface area contributed by atoms with Crippen LogP contribution < -0.4 is 5.32 Å². The molecule has 1 aliphatic rings. The van der Waals surface area contributed by atoms with Crippen LogP contribution in [0, 0.1) is 24.2 Å². The zero-order chi connectivity index (χ0) is 12.1. The van der Waals surface area contributed by atoms with E-state index >= 15 is 0 Å². The Morgan fingerprint density at radius 3 is 3.12 bits per heavy atom. The lowest BCUT2D eigenvalue weighted by atomic mass is 10.0. The van der Waals surface area contributed by atoms with E-state index in [1.807, 2.05) is 25.1 Å². The molecule has 1 aromatic rings. The molecule has 0 spiro atoms. The fourth-order valence-electron chi connectivity index (χ4n) is 2.13. The zero-order valence-corrected chi connectivity index (χ0v) is 10.2. The van der Waals surface area contributed by atoms with Crippen molar-refractivity contribution in [3.05, 3.63) is 29.3 Å². The van der Waals surface area contributed by atoms with Gasteiger partial charge in [-0.05, 0) is 43.4 Å². The quantitative estimate of drug-likeness (QED) is 0.868. The highest BCUT2D eigenvalue weighted by atomic mass is 16.5. The van der Waals surface area contributed by atoms with Crippen molar-refractivity contribution in [2.45, 2.75) is 19.8 Å². The van der Waals surface area contributed by atoms with Gasteiger partial charge in [-0.15, -0.1) is 0 Å². The van der Waals surface area contributed by atoms with Gasteiger partial charge in [0.1, 0.15) is 6.07 Å². The highest BCUT2D eigenvalue weighted by Crippen LogP contribution is 2.19. The van der Waals surface area contributed by atoms with Crippen molar-refractivity contribution in [3.8, 4) is 6.07 Å². The van der Waals surface area contributed by atoms with Crippen LogP contribution in [-0.2, 0) is 4.74 Å². The van der Waals surface area contributed by atoms with Crippen molar-refractivity contribution in [2.75, 3.05) is 25.1 Å². The van der Waals surface area contributed by atoms with E-state index in [9.17, 15) is 0 Å². The van der Waals surface area contributed by atoms with Gasteiger partial charge in [-0.25, -0.2) is 0 Å². The molecule has 17 heavy (non-hydrogen) atoms. The second-order valence-corrected chi connectivity index (χ2v) is 4.62. The van der Waals surface area contributed by atoms with E-state index in [-0.39, 0.29) is 0 Å². The lowest BCUT2D eigenvalue weighted by Gasteiger charge is -2.23. The summed E-state index contributed by atoms with van der Waals surface area (Å²) in [5.41, 5.74) is 2.78. The van der Waals surface area contributed by atoms with Gasteiger partial charge < -0.3 is 10.1 Å². The van der Waals surface area contributed by atoms with Crippen LogP contribution >= 0.6 is 0 Å². The maximum atomic E-state index is 9.07. The predicted octanol–water partition coefficient (Wildman–Crippen LogP) is 2.71. The lowest BCUT2D eigenvalue weighted by molar-refractivity contribution is 0.0595. The third-order valence-electron chi connectivity index (χ3n) is 3.13. The minimum absolute atomic E-state index is 0.566. The van der Waals surface area contributed by atoms with Crippen molar-refractivity contribution in [1.82, 2.24) is 0 Å². The molecule has 1 N–H and O–H groups in total. The van der Waals surface area contributed by atoms with E-state index in [1.54, 1.807) is 0 Å². The van der Waals surface area contributed by atoms with E-state index in [1.165, 1.54) is 6.42 Å². The summed E-state index contributed by atoms with van der Waals surface area (Å²) in [5, 5.41) is 12.4. The smallest absolute Gasteiger partial charge is 0.101 e. The summed E-state index contributed by atoms with van der Waals surface area (Å²) in [6, 6.07) is 8.16. The Balaban J connectivity index is 1.96. The normalized spacial score (nSPS) is 19.6. The number of aryl methyl sites for hydroxylation is 1. The SMILES string of the molecule is Cc1ccc(NCC2CCCOC2)c(C#N)c1. The van der Waals surface area contributed by atoms with Gasteiger partial charge in [0.15, 0.2) is 0 Å². The molecule has 1 heterocycles.